The molecular weight excluding hydrogens is 417 g/mol. The zero-order valence-electron chi connectivity index (χ0n) is 15.7. The second kappa shape index (κ2) is 9.28. The summed E-state index contributed by atoms with van der Waals surface area (Å²) in [5.74, 6) is -0.705. The number of amides is 1. The van der Waals surface area contributed by atoms with Crippen LogP contribution in [0.4, 0.5) is 13.2 Å². The minimum Gasteiger partial charge on any atom is -0.395 e. The fraction of sp³-hybridized carbons (Fsp3) is 0.182. The van der Waals surface area contributed by atoms with Crippen LogP contribution in [0.5, 0.6) is 0 Å². The first-order valence-electron chi connectivity index (χ1n) is 9.11. The van der Waals surface area contributed by atoms with Crippen LogP contribution in [0.2, 0.25) is 5.15 Å². The summed E-state index contributed by atoms with van der Waals surface area (Å²) in [6.45, 7) is -0.395. The van der Waals surface area contributed by atoms with Crippen LogP contribution in [0.1, 0.15) is 27.2 Å². The maximum absolute atomic E-state index is 13.9. The van der Waals surface area contributed by atoms with Crippen molar-refractivity contribution in [1.82, 2.24) is 10.3 Å². The van der Waals surface area contributed by atoms with Gasteiger partial charge in [0.05, 0.1) is 12.2 Å². The molecule has 0 spiro atoms. The monoisotopic (exact) mass is 434 g/mol. The highest BCUT2D eigenvalue weighted by atomic mass is 35.5. The Morgan fingerprint density at radius 3 is 2.20 bits per heavy atom. The molecule has 4 nitrogen and oxygen atoms in total. The molecule has 0 bridgehead atoms. The van der Waals surface area contributed by atoms with Crippen molar-refractivity contribution in [3.8, 4) is 11.1 Å². The molecule has 1 heterocycles. The minimum atomic E-state index is -4.77. The fourth-order valence-electron chi connectivity index (χ4n) is 3.19. The molecule has 0 unspecified atom stereocenters. The first-order valence-corrected chi connectivity index (χ1v) is 9.48. The van der Waals surface area contributed by atoms with Crippen molar-refractivity contribution < 1.29 is 23.1 Å². The summed E-state index contributed by atoms with van der Waals surface area (Å²) in [5.41, 5.74) is -0.316. The average Bonchev–Trinajstić information content (AvgIpc) is 2.73. The molecule has 2 N–H and O–H groups in total. The molecule has 0 aliphatic heterocycles. The normalized spacial score (nSPS) is 11.4. The summed E-state index contributed by atoms with van der Waals surface area (Å²) in [5, 5.41) is 10.9. The number of nitrogens with zero attached hydrogens (tertiary/aromatic N) is 1. The Bertz CT molecular complexity index is 1030. The quantitative estimate of drug-likeness (QED) is 0.551. The molecule has 0 atom stereocenters. The summed E-state index contributed by atoms with van der Waals surface area (Å²) >= 11 is 6.10. The Kier molecular flexibility index (Phi) is 6.74. The van der Waals surface area contributed by atoms with E-state index in [0.717, 1.165) is 0 Å². The molecule has 0 saturated carbocycles. The lowest BCUT2D eigenvalue weighted by atomic mass is 9.90. The van der Waals surface area contributed by atoms with Crippen LogP contribution in [-0.2, 0) is 12.6 Å². The molecule has 3 aromatic rings. The zero-order valence-corrected chi connectivity index (χ0v) is 16.5. The topological polar surface area (TPSA) is 62.2 Å². The SMILES string of the molecule is O=C(NCCO)c1c(Cl)nc(C(F)(F)F)c(Cc2ccccc2)c1-c1ccccc1. The van der Waals surface area contributed by atoms with Gasteiger partial charge in [0, 0.05) is 18.5 Å². The number of aliphatic hydroxyl groups is 1. The number of aromatic nitrogens is 1. The number of benzene rings is 2. The van der Waals surface area contributed by atoms with E-state index in [1.54, 1.807) is 60.7 Å². The number of nitrogens with one attached hydrogen (secondary N) is 1. The number of alkyl halides is 3. The highest BCUT2D eigenvalue weighted by Crippen LogP contribution is 2.40. The number of hydrogen-bond acceptors (Lipinski definition) is 3. The van der Waals surface area contributed by atoms with Crippen LogP contribution < -0.4 is 5.32 Å². The zero-order chi connectivity index (χ0) is 21.7. The molecule has 0 saturated heterocycles. The molecule has 3 rings (SSSR count). The predicted octanol–water partition coefficient (Wildman–Crippen LogP) is 4.73. The van der Waals surface area contributed by atoms with E-state index in [-0.39, 0.29) is 36.3 Å². The number of pyridine rings is 1. The molecule has 2 aromatic carbocycles. The smallest absolute Gasteiger partial charge is 0.395 e. The Labute approximate surface area is 176 Å². The van der Waals surface area contributed by atoms with Crippen LogP contribution in [-0.4, -0.2) is 29.1 Å². The third-order valence-corrected chi connectivity index (χ3v) is 4.71. The highest BCUT2D eigenvalue weighted by Gasteiger charge is 2.39. The van der Waals surface area contributed by atoms with Crippen molar-refractivity contribution in [3.63, 3.8) is 0 Å². The maximum Gasteiger partial charge on any atom is 0.433 e. The van der Waals surface area contributed by atoms with Crippen LogP contribution in [0.25, 0.3) is 11.1 Å². The summed E-state index contributed by atoms with van der Waals surface area (Å²) in [7, 11) is 0. The number of aliphatic hydroxyl groups excluding tert-OH is 1. The van der Waals surface area contributed by atoms with Gasteiger partial charge in [-0.05, 0) is 16.7 Å². The Hall–Kier alpha value is -2.90. The molecule has 8 heteroatoms. The van der Waals surface area contributed by atoms with E-state index in [0.29, 0.717) is 11.1 Å². The van der Waals surface area contributed by atoms with Gasteiger partial charge >= 0.3 is 6.18 Å². The van der Waals surface area contributed by atoms with Gasteiger partial charge in [-0.3, -0.25) is 4.79 Å². The highest BCUT2D eigenvalue weighted by molar-refractivity contribution is 6.33. The summed E-state index contributed by atoms with van der Waals surface area (Å²) in [6.07, 6.45) is -4.86. The molecular formula is C22H18ClF3N2O2. The first-order chi connectivity index (χ1) is 14.3. The largest absolute Gasteiger partial charge is 0.433 e. The van der Waals surface area contributed by atoms with Crippen molar-refractivity contribution >= 4 is 17.5 Å². The van der Waals surface area contributed by atoms with Gasteiger partial charge in [0.15, 0.2) is 0 Å². The van der Waals surface area contributed by atoms with Crippen molar-refractivity contribution in [2.75, 3.05) is 13.2 Å². The van der Waals surface area contributed by atoms with E-state index in [2.05, 4.69) is 10.3 Å². The van der Waals surface area contributed by atoms with E-state index in [1.807, 2.05) is 0 Å². The lowest BCUT2D eigenvalue weighted by Gasteiger charge is -2.21. The van der Waals surface area contributed by atoms with Crippen LogP contribution >= 0.6 is 11.6 Å². The average molecular weight is 435 g/mol. The minimum absolute atomic E-state index is 0.0710. The summed E-state index contributed by atoms with van der Waals surface area (Å²) in [6, 6.07) is 16.9. The molecule has 1 aromatic heterocycles. The fourth-order valence-corrected chi connectivity index (χ4v) is 3.45. The molecule has 30 heavy (non-hydrogen) atoms. The number of hydrogen-bond donors (Lipinski definition) is 2. The summed E-state index contributed by atoms with van der Waals surface area (Å²) in [4.78, 5) is 16.3. The maximum atomic E-state index is 13.9. The van der Waals surface area contributed by atoms with Gasteiger partial charge in [-0.15, -0.1) is 0 Å². The molecule has 0 fully saturated rings. The molecule has 1 amide bonds. The Morgan fingerprint density at radius 1 is 1.03 bits per heavy atom. The van der Waals surface area contributed by atoms with E-state index in [9.17, 15) is 18.0 Å². The lowest BCUT2D eigenvalue weighted by Crippen LogP contribution is -2.28. The number of carbonyl (C=O) groups excluding carboxylic acids is 1. The standard InChI is InChI=1S/C22H18ClF3N2O2/c23-20-18(21(30)27-11-12-29)17(15-9-5-2-6-10-15)16(19(28-20)22(24,25)26)13-14-7-3-1-4-8-14/h1-10,29H,11-13H2,(H,27,30). The van der Waals surface area contributed by atoms with E-state index < -0.39 is 22.9 Å². The van der Waals surface area contributed by atoms with Gasteiger partial charge in [-0.25, -0.2) is 4.98 Å². The van der Waals surface area contributed by atoms with Crippen molar-refractivity contribution in [3.05, 3.63) is 88.2 Å². The number of halogens is 4. The van der Waals surface area contributed by atoms with Crippen LogP contribution in [0.15, 0.2) is 60.7 Å². The lowest BCUT2D eigenvalue weighted by molar-refractivity contribution is -0.141. The summed E-state index contributed by atoms with van der Waals surface area (Å²) < 4.78 is 41.7. The molecule has 0 radical (unpaired) electrons. The van der Waals surface area contributed by atoms with Crippen LogP contribution in [0.3, 0.4) is 0 Å². The second-order valence-electron chi connectivity index (χ2n) is 6.49. The van der Waals surface area contributed by atoms with Crippen molar-refractivity contribution in [2.45, 2.75) is 12.6 Å². The molecule has 0 aliphatic rings. The van der Waals surface area contributed by atoms with E-state index >= 15 is 0 Å². The third-order valence-electron chi connectivity index (χ3n) is 4.43. The first kappa shape index (κ1) is 21.8. The second-order valence-corrected chi connectivity index (χ2v) is 6.84. The Morgan fingerprint density at radius 2 is 1.63 bits per heavy atom. The molecule has 0 aliphatic carbocycles. The Balaban J connectivity index is 2.33. The predicted molar refractivity (Wildman–Crippen MR) is 108 cm³/mol. The number of rotatable bonds is 6. The van der Waals surface area contributed by atoms with Gasteiger partial charge in [-0.2, -0.15) is 13.2 Å². The van der Waals surface area contributed by atoms with Gasteiger partial charge in [0.2, 0.25) is 0 Å². The van der Waals surface area contributed by atoms with Crippen molar-refractivity contribution in [1.29, 1.82) is 0 Å². The van der Waals surface area contributed by atoms with Gasteiger partial charge in [-0.1, -0.05) is 72.3 Å². The van der Waals surface area contributed by atoms with E-state index in [4.69, 9.17) is 16.7 Å². The van der Waals surface area contributed by atoms with Gasteiger partial charge in [0.25, 0.3) is 5.91 Å². The van der Waals surface area contributed by atoms with Crippen LogP contribution in [0, 0.1) is 0 Å². The van der Waals surface area contributed by atoms with E-state index in [1.165, 1.54) is 0 Å². The number of carbonyl (C=O) groups is 1. The van der Waals surface area contributed by atoms with Gasteiger partial charge < -0.3 is 10.4 Å². The molecule has 156 valence electrons. The van der Waals surface area contributed by atoms with Gasteiger partial charge in [0.1, 0.15) is 10.8 Å². The third kappa shape index (κ3) is 4.80. The van der Waals surface area contributed by atoms with Crippen molar-refractivity contribution in [2.24, 2.45) is 0 Å².